The Kier molecular flexibility index (Phi) is 10.9. The Morgan fingerprint density at radius 2 is 1.74 bits per heavy atom. The molecule has 0 aromatic heterocycles. The van der Waals surface area contributed by atoms with E-state index >= 15 is 0 Å². The molecule has 0 spiro atoms. The van der Waals surface area contributed by atoms with Crippen LogP contribution in [0, 0.1) is 16.0 Å². The molecule has 0 amide bonds. The van der Waals surface area contributed by atoms with Gasteiger partial charge in [-0.25, -0.2) is 12.7 Å². The molecule has 2 aromatic carbocycles. The molecule has 0 radical (unpaired) electrons. The van der Waals surface area contributed by atoms with Gasteiger partial charge in [-0.2, -0.15) is 0 Å². The summed E-state index contributed by atoms with van der Waals surface area (Å²) in [7, 11) is 1.55. The molecule has 9 heteroatoms. The zero-order valence-corrected chi connectivity index (χ0v) is 22.0. The highest BCUT2D eigenvalue weighted by Crippen LogP contribution is 2.28. The van der Waals surface area contributed by atoms with E-state index in [1.807, 2.05) is 25.1 Å². The van der Waals surface area contributed by atoms with Gasteiger partial charge in [0.2, 0.25) is 10.0 Å². The van der Waals surface area contributed by atoms with E-state index in [9.17, 15) is 23.3 Å². The second-order valence-corrected chi connectivity index (χ2v) is 11.2. The maximum absolute atomic E-state index is 13.5. The highest BCUT2D eigenvalue weighted by atomic mass is 32.2. The minimum Gasteiger partial charge on any atom is -0.378 e. The molecule has 0 saturated heterocycles. The first-order chi connectivity index (χ1) is 16.6. The fourth-order valence-electron chi connectivity index (χ4n) is 4.01. The molecule has 192 valence electrons. The van der Waals surface area contributed by atoms with Crippen molar-refractivity contribution >= 4 is 27.7 Å². The quantitative estimate of drug-likeness (QED) is 0.146. The van der Waals surface area contributed by atoms with Crippen LogP contribution >= 0.6 is 0 Å². The fraction of sp³-hybridized carbons (Fsp3) is 0.500. The highest BCUT2D eigenvalue weighted by molar-refractivity contribution is 7.89. The third-order valence-corrected chi connectivity index (χ3v) is 8.14. The Morgan fingerprint density at radius 1 is 1.03 bits per heavy atom. The van der Waals surface area contributed by atoms with Crippen LogP contribution in [0.15, 0.2) is 47.4 Å². The number of unbranched alkanes of at least 4 members (excludes halogenated alkanes) is 2. The van der Waals surface area contributed by atoms with Crippen molar-refractivity contribution < 1.29 is 18.1 Å². The molecule has 1 atom stereocenters. The summed E-state index contributed by atoms with van der Waals surface area (Å²) in [5, 5.41) is 11.2. The number of nitrogens with zero attached hydrogens (tertiary/aromatic N) is 3. The zero-order chi connectivity index (χ0) is 26.0. The predicted molar refractivity (Wildman–Crippen MR) is 139 cm³/mol. The number of aldehydes is 1. The fourth-order valence-corrected chi connectivity index (χ4v) is 5.42. The average Bonchev–Trinajstić information content (AvgIpc) is 2.83. The molecule has 0 aliphatic heterocycles. The van der Waals surface area contributed by atoms with Crippen molar-refractivity contribution in [3.63, 3.8) is 0 Å². The van der Waals surface area contributed by atoms with Crippen LogP contribution in [0.1, 0.15) is 56.6 Å². The Hall–Kier alpha value is -2.78. The van der Waals surface area contributed by atoms with Gasteiger partial charge in [-0.05, 0) is 55.0 Å². The van der Waals surface area contributed by atoms with Crippen LogP contribution in [0.5, 0.6) is 0 Å². The van der Waals surface area contributed by atoms with Crippen LogP contribution in [0.3, 0.4) is 0 Å². The van der Waals surface area contributed by atoms with Crippen molar-refractivity contribution in [3.05, 3.63) is 63.7 Å². The number of hydrogen-bond acceptors (Lipinski definition) is 6. The monoisotopic (exact) mass is 503 g/mol. The number of carbonyl (C=O) groups excluding carboxylic acids is 1. The summed E-state index contributed by atoms with van der Waals surface area (Å²) in [6, 6.07) is 11.5. The van der Waals surface area contributed by atoms with Crippen molar-refractivity contribution in [1.29, 1.82) is 0 Å². The number of anilines is 1. The van der Waals surface area contributed by atoms with Gasteiger partial charge in [0.05, 0.1) is 9.82 Å². The Labute approximate surface area is 209 Å². The topological polar surface area (TPSA) is 101 Å². The summed E-state index contributed by atoms with van der Waals surface area (Å²) in [5.41, 5.74) is 2.07. The average molecular weight is 504 g/mol. The lowest BCUT2D eigenvalue weighted by molar-refractivity contribution is -0.384. The SMILES string of the molecule is CCCCC(C=O)CCCCN(C)S(=O)(=O)c1ccc(N(C)C)cc1Cc1cccc([N+](=O)[O-])c1. The smallest absolute Gasteiger partial charge is 0.269 e. The number of hydrogen-bond donors (Lipinski definition) is 0. The van der Waals surface area contributed by atoms with E-state index in [1.54, 1.807) is 31.3 Å². The summed E-state index contributed by atoms with van der Waals surface area (Å²) in [6.45, 7) is 2.45. The third kappa shape index (κ3) is 8.14. The van der Waals surface area contributed by atoms with Gasteiger partial charge in [0.25, 0.3) is 5.69 Å². The number of carbonyl (C=O) groups is 1. The highest BCUT2D eigenvalue weighted by Gasteiger charge is 2.24. The number of benzene rings is 2. The van der Waals surface area contributed by atoms with Gasteiger partial charge >= 0.3 is 0 Å². The Balaban J connectivity index is 2.21. The summed E-state index contributed by atoms with van der Waals surface area (Å²) in [6.07, 6.45) is 6.45. The summed E-state index contributed by atoms with van der Waals surface area (Å²) < 4.78 is 28.3. The van der Waals surface area contributed by atoms with Crippen molar-refractivity contribution in [2.75, 3.05) is 32.6 Å². The van der Waals surface area contributed by atoms with Crippen LogP contribution in [0.25, 0.3) is 0 Å². The maximum atomic E-state index is 13.5. The second kappa shape index (κ2) is 13.3. The number of nitro groups is 1. The first-order valence-corrected chi connectivity index (χ1v) is 13.5. The molecular formula is C26H37N3O5S. The summed E-state index contributed by atoms with van der Waals surface area (Å²) >= 11 is 0. The van der Waals surface area contributed by atoms with E-state index in [0.717, 1.165) is 44.1 Å². The minimum atomic E-state index is -3.77. The maximum Gasteiger partial charge on any atom is 0.269 e. The van der Waals surface area contributed by atoms with E-state index < -0.39 is 14.9 Å². The van der Waals surface area contributed by atoms with Crippen LogP contribution < -0.4 is 4.90 Å². The molecular weight excluding hydrogens is 466 g/mol. The molecule has 0 N–H and O–H groups in total. The Morgan fingerprint density at radius 3 is 2.37 bits per heavy atom. The van der Waals surface area contributed by atoms with Gasteiger partial charge < -0.3 is 9.69 Å². The van der Waals surface area contributed by atoms with Crippen molar-refractivity contribution in [3.8, 4) is 0 Å². The van der Waals surface area contributed by atoms with Gasteiger partial charge in [0.1, 0.15) is 6.29 Å². The molecule has 0 heterocycles. The van der Waals surface area contributed by atoms with Crippen molar-refractivity contribution in [2.24, 2.45) is 5.92 Å². The zero-order valence-electron chi connectivity index (χ0n) is 21.1. The molecule has 0 aliphatic rings. The number of rotatable bonds is 15. The van der Waals surface area contributed by atoms with E-state index in [0.29, 0.717) is 24.1 Å². The van der Waals surface area contributed by atoms with Crippen molar-refractivity contribution in [2.45, 2.75) is 56.8 Å². The molecule has 2 aromatic rings. The largest absolute Gasteiger partial charge is 0.378 e. The lowest BCUT2D eigenvalue weighted by atomic mass is 9.97. The summed E-state index contributed by atoms with van der Waals surface area (Å²) in [4.78, 5) is 24.1. The van der Waals surface area contributed by atoms with E-state index in [2.05, 4.69) is 6.92 Å². The molecule has 0 saturated carbocycles. The van der Waals surface area contributed by atoms with Crippen molar-refractivity contribution in [1.82, 2.24) is 4.31 Å². The molecule has 1 unspecified atom stereocenters. The molecule has 35 heavy (non-hydrogen) atoms. The van der Waals surface area contributed by atoms with Gasteiger partial charge in [-0.3, -0.25) is 10.1 Å². The Bertz CT molecular complexity index is 1100. The first kappa shape index (κ1) is 28.5. The van der Waals surface area contributed by atoms with Crippen LogP contribution in [0.4, 0.5) is 11.4 Å². The molecule has 8 nitrogen and oxygen atoms in total. The molecule has 0 bridgehead atoms. The van der Waals surface area contributed by atoms with Gasteiger partial charge in [0, 0.05) is 51.4 Å². The first-order valence-electron chi connectivity index (χ1n) is 12.0. The minimum absolute atomic E-state index is 0.0274. The lowest BCUT2D eigenvalue weighted by Gasteiger charge is -2.22. The van der Waals surface area contributed by atoms with E-state index in [1.165, 1.54) is 16.4 Å². The molecule has 2 rings (SSSR count). The normalized spacial score (nSPS) is 12.5. The second-order valence-electron chi connectivity index (χ2n) is 9.15. The van der Waals surface area contributed by atoms with Gasteiger partial charge in [0.15, 0.2) is 0 Å². The molecule has 0 aliphatic carbocycles. The lowest BCUT2D eigenvalue weighted by Crippen LogP contribution is -2.29. The number of non-ortho nitro benzene ring substituents is 1. The van der Waals surface area contributed by atoms with Gasteiger partial charge in [-0.1, -0.05) is 38.3 Å². The third-order valence-electron chi connectivity index (χ3n) is 6.18. The standard InChI is InChI=1S/C26H37N3O5S/c1-5-6-10-21(20-30)11-7-8-16-28(4)35(33,34)26-15-14-24(27(2)3)19-23(26)17-22-12-9-13-25(18-22)29(31)32/h9,12-15,18-21H,5-8,10-11,16-17H2,1-4H3. The van der Waals surface area contributed by atoms with E-state index in [4.69, 9.17) is 0 Å². The van der Waals surface area contributed by atoms with Crippen LogP contribution in [-0.2, 0) is 21.2 Å². The van der Waals surface area contributed by atoms with Crippen LogP contribution in [-0.4, -0.2) is 51.6 Å². The van der Waals surface area contributed by atoms with E-state index in [-0.39, 0.29) is 22.9 Å². The molecule has 0 fully saturated rings. The summed E-state index contributed by atoms with van der Waals surface area (Å²) in [5.74, 6) is 0.0389. The van der Waals surface area contributed by atoms with Gasteiger partial charge in [-0.15, -0.1) is 0 Å². The van der Waals surface area contributed by atoms with Crippen LogP contribution in [0.2, 0.25) is 0 Å². The number of sulfonamides is 1. The predicted octanol–water partition coefficient (Wildman–Crippen LogP) is 5.05. The number of nitro benzene ring substituents is 1.